The van der Waals surface area contributed by atoms with Gasteiger partial charge in [-0.2, -0.15) is 0 Å². The van der Waals surface area contributed by atoms with E-state index in [0.717, 1.165) is 37.7 Å². The Morgan fingerprint density at radius 2 is 2.19 bits per heavy atom. The lowest BCUT2D eigenvalue weighted by Gasteiger charge is -2.36. The lowest BCUT2D eigenvalue weighted by atomic mass is 10.0. The standard InChI is InChI=1S/C17H30N4/c1-14(2)11-18-12-15-7-5-9-17(19-15)21-10-6-8-16(13-21)20(3)4/h5,7,9,14,16,18H,6,8,10-13H2,1-4H3. The van der Waals surface area contributed by atoms with Crippen LogP contribution in [0.15, 0.2) is 18.2 Å². The van der Waals surface area contributed by atoms with Gasteiger partial charge in [-0.05, 0) is 51.5 Å². The van der Waals surface area contributed by atoms with Crippen LogP contribution < -0.4 is 10.2 Å². The van der Waals surface area contributed by atoms with Gasteiger partial charge in [0.25, 0.3) is 0 Å². The topological polar surface area (TPSA) is 31.4 Å². The molecule has 1 saturated heterocycles. The van der Waals surface area contributed by atoms with Crippen molar-refractivity contribution in [1.29, 1.82) is 0 Å². The molecule has 0 bridgehead atoms. The molecule has 1 aliphatic heterocycles. The monoisotopic (exact) mass is 290 g/mol. The van der Waals surface area contributed by atoms with Crippen molar-refractivity contribution in [3.8, 4) is 0 Å². The fourth-order valence-corrected chi connectivity index (χ4v) is 2.81. The summed E-state index contributed by atoms with van der Waals surface area (Å²) in [6.07, 6.45) is 2.54. The van der Waals surface area contributed by atoms with Crippen LogP contribution in [0.5, 0.6) is 0 Å². The van der Waals surface area contributed by atoms with Gasteiger partial charge >= 0.3 is 0 Å². The Kier molecular flexibility index (Phi) is 6.00. The highest BCUT2D eigenvalue weighted by Gasteiger charge is 2.22. The second kappa shape index (κ2) is 7.76. The molecule has 4 nitrogen and oxygen atoms in total. The van der Waals surface area contributed by atoms with E-state index in [1.165, 1.54) is 12.8 Å². The number of likely N-dealkylation sites (N-methyl/N-ethyl adjacent to an activating group) is 1. The van der Waals surface area contributed by atoms with Gasteiger partial charge in [0.15, 0.2) is 0 Å². The smallest absolute Gasteiger partial charge is 0.128 e. The van der Waals surface area contributed by atoms with Gasteiger partial charge in [-0.3, -0.25) is 0 Å². The van der Waals surface area contributed by atoms with Gasteiger partial charge in [0.05, 0.1) is 5.69 Å². The predicted octanol–water partition coefficient (Wildman–Crippen LogP) is 2.36. The van der Waals surface area contributed by atoms with Crippen molar-refractivity contribution in [2.45, 2.75) is 39.3 Å². The normalized spacial score (nSPS) is 19.5. The first kappa shape index (κ1) is 16.2. The summed E-state index contributed by atoms with van der Waals surface area (Å²) in [6, 6.07) is 7.03. The van der Waals surface area contributed by atoms with Crippen molar-refractivity contribution in [2.75, 3.05) is 38.6 Å². The Balaban J connectivity index is 1.96. The summed E-state index contributed by atoms with van der Waals surface area (Å²) in [6.45, 7) is 8.57. The van der Waals surface area contributed by atoms with Crippen LogP contribution in [-0.2, 0) is 6.54 Å². The van der Waals surface area contributed by atoms with E-state index in [-0.39, 0.29) is 0 Å². The predicted molar refractivity (Wildman–Crippen MR) is 89.7 cm³/mol. The number of anilines is 1. The van der Waals surface area contributed by atoms with E-state index in [4.69, 9.17) is 4.98 Å². The quantitative estimate of drug-likeness (QED) is 0.871. The molecule has 2 heterocycles. The van der Waals surface area contributed by atoms with Gasteiger partial charge < -0.3 is 15.1 Å². The molecule has 1 aromatic heterocycles. The minimum Gasteiger partial charge on any atom is -0.355 e. The van der Waals surface area contributed by atoms with Gasteiger partial charge in [0, 0.05) is 25.7 Å². The van der Waals surface area contributed by atoms with Crippen LogP contribution in [0.2, 0.25) is 0 Å². The third-order valence-corrected chi connectivity index (χ3v) is 4.10. The second-order valence-corrected chi connectivity index (χ2v) is 6.72. The fourth-order valence-electron chi connectivity index (χ4n) is 2.81. The number of nitrogens with zero attached hydrogens (tertiary/aromatic N) is 3. The fraction of sp³-hybridized carbons (Fsp3) is 0.706. The number of rotatable bonds is 6. The minimum absolute atomic E-state index is 0.642. The zero-order valence-electron chi connectivity index (χ0n) is 14.0. The molecule has 1 unspecified atom stereocenters. The molecule has 0 radical (unpaired) electrons. The van der Waals surface area contributed by atoms with Crippen molar-refractivity contribution in [3.63, 3.8) is 0 Å². The molecule has 118 valence electrons. The average molecular weight is 290 g/mol. The van der Waals surface area contributed by atoms with Crippen molar-refractivity contribution in [2.24, 2.45) is 5.92 Å². The van der Waals surface area contributed by atoms with Crippen molar-refractivity contribution >= 4 is 5.82 Å². The molecule has 1 atom stereocenters. The van der Waals surface area contributed by atoms with E-state index in [9.17, 15) is 0 Å². The maximum absolute atomic E-state index is 4.83. The molecule has 0 saturated carbocycles. The van der Waals surface area contributed by atoms with Crippen LogP contribution >= 0.6 is 0 Å². The molecule has 0 aliphatic carbocycles. The lowest BCUT2D eigenvalue weighted by molar-refractivity contribution is 0.257. The number of hydrogen-bond acceptors (Lipinski definition) is 4. The van der Waals surface area contributed by atoms with Crippen molar-refractivity contribution in [1.82, 2.24) is 15.2 Å². The molecular formula is C17H30N4. The number of piperidine rings is 1. The highest BCUT2D eigenvalue weighted by atomic mass is 15.2. The van der Waals surface area contributed by atoms with Gasteiger partial charge in [-0.25, -0.2) is 4.98 Å². The largest absolute Gasteiger partial charge is 0.355 e. The Morgan fingerprint density at radius 3 is 2.90 bits per heavy atom. The van der Waals surface area contributed by atoms with Gasteiger partial charge in [0.1, 0.15) is 5.82 Å². The molecule has 0 spiro atoms. The van der Waals surface area contributed by atoms with Crippen molar-refractivity contribution < 1.29 is 0 Å². The van der Waals surface area contributed by atoms with Crippen LogP contribution in [0.3, 0.4) is 0 Å². The zero-order chi connectivity index (χ0) is 15.2. The van der Waals surface area contributed by atoms with Crippen LogP contribution in [-0.4, -0.2) is 49.7 Å². The number of nitrogens with one attached hydrogen (secondary N) is 1. The molecule has 0 amide bonds. The first-order chi connectivity index (χ1) is 10.1. The summed E-state index contributed by atoms with van der Waals surface area (Å²) in [7, 11) is 4.35. The van der Waals surface area contributed by atoms with Crippen LogP contribution in [0.1, 0.15) is 32.4 Å². The lowest BCUT2D eigenvalue weighted by Crippen LogP contribution is -2.45. The Bertz CT molecular complexity index is 431. The van der Waals surface area contributed by atoms with E-state index in [1.807, 2.05) is 0 Å². The van der Waals surface area contributed by atoms with Crippen LogP contribution in [0.25, 0.3) is 0 Å². The third-order valence-electron chi connectivity index (χ3n) is 4.10. The number of aromatic nitrogens is 1. The molecule has 1 aromatic rings. The number of pyridine rings is 1. The van der Waals surface area contributed by atoms with Crippen LogP contribution in [0, 0.1) is 5.92 Å². The Hall–Kier alpha value is -1.13. The molecule has 21 heavy (non-hydrogen) atoms. The molecule has 1 aliphatic rings. The third kappa shape index (κ3) is 4.97. The average Bonchev–Trinajstić information content (AvgIpc) is 2.47. The van der Waals surface area contributed by atoms with E-state index in [2.05, 4.69) is 61.3 Å². The Morgan fingerprint density at radius 1 is 1.38 bits per heavy atom. The van der Waals surface area contributed by atoms with Gasteiger partial charge in [0.2, 0.25) is 0 Å². The Labute approximate surface area is 129 Å². The molecule has 0 aromatic carbocycles. The summed E-state index contributed by atoms with van der Waals surface area (Å²) < 4.78 is 0. The number of hydrogen-bond donors (Lipinski definition) is 1. The summed E-state index contributed by atoms with van der Waals surface area (Å²) in [5.41, 5.74) is 1.14. The summed E-state index contributed by atoms with van der Waals surface area (Å²) in [5.74, 6) is 1.81. The molecule has 1 N–H and O–H groups in total. The highest BCUT2D eigenvalue weighted by molar-refractivity contribution is 5.40. The molecule has 4 heteroatoms. The summed E-state index contributed by atoms with van der Waals surface area (Å²) in [4.78, 5) is 9.60. The van der Waals surface area contributed by atoms with Crippen molar-refractivity contribution in [3.05, 3.63) is 23.9 Å². The van der Waals surface area contributed by atoms with Gasteiger partial charge in [-0.1, -0.05) is 19.9 Å². The first-order valence-electron chi connectivity index (χ1n) is 8.14. The maximum atomic E-state index is 4.83. The SMILES string of the molecule is CC(C)CNCc1cccc(N2CCCC(N(C)C)C2)n1. The highest BCUT2D eigenvalue weighted by Crippen LogP contribution is 2.20. The van der Waals surface area contributed by atoms with Crippen LogP contribution in [0.4, 0.5) is 5.82 Å². The molecular weight excluding hydrogens is 260 g/mol. The van der Waals surface area contributed by atoms with E-state index in [0.29, 0.717) is 12.0 Å². The zero-order valence-corrected chi connectivity index (χ0v) is 14.0. The first-order valence-corrected chi connectivity index (χ1v) is 8.14. The minimum atomic E-state index is 0.642. The maximum Gasteiger partial charge on any atom is 0.128 e. The van der Waals surface area contributed by atoms with E-state index < -0.39 is 0 Å². The molecule has 2 rings (SSSR count). The van der Waals surface area contributed by atoms with E-state index in [1.54, 1.807) is 0 Å². The van der Waals surface area contributed by atoms with Gasteiger partial charge in [-0.15, -0.1) is 0 Å². The summed E-state index contributed by atoms with van der Waals surface area (Å²) >= 11 is 0. The summed E-state index contributed by atoms with van der Waals surface area (Å²) in [5, 5.41) is 3.47. The van der Waals surface area contributed by atoms with E-state index >= 15 is 0 Å². The molecule has 1 fully saturated rings. The second-order valence-electron chi connectivity index (χ2n) is 6.72.